The van der Waals surface area contributed by atoms with Gasteiger partial charge < -0.3 is 20.0 Å². The van der Waals surface area contributed by atoms with E-state index < -0.39 is 0 Å². The first kappa shape index (κ1) is 15.1. The molecule has 0 aliphatic carbocycles. The number of urea groups is 1. The van der Waals surface area contributed by atoms with Crippen molar-refractivity contribution in [3.8, 4) is 0 Å². The number of anilines is 1. The molecule has 3 rings (SSSR count). The van der Waals surface area contributed by atoms with E-state index in [2.05, 4.69) is 15.6 Å². The summed E-state index contributed by atoms with van der Waals surface area (Å²) in [7, 11) is 0. The number of nitrogens with one attached hydrogen (secondary N) is 2. The molecule has 2 aromatic rings. The third-order valence-electron chi connectivity index (χ3n) is 3.82. The van der Waals surface area contributed by atoms with Crippen LogP contribution in [0.4, 0.5) is 10.5 Å². The van der Waals surface area contributed by atoms with Crippen molar-refractivity contribution in [1.29, 1.82) is 0 Å². The van der Waals surface area contributed by atoms with Crippen molar-refractivity contribution >= 4 is 17.6 Å². The molecule has 0 saturated carbocycles. The van der Waals surface area contributed by atoms with Crippen LogP contribution in [0.15, 0.2) is 47.5 Å². The Kier molecular flexibility index (Phi) is 4.56. The Hall–Kier alpha value is -2.83. The Morgan fingerprint density at radius 3 is 2.57 bits per heavy atom. The predicted octanol–water partition coefficient (Wildman–Crippen LogP) is 2.10. The van der Waals surface area contributed by atoms with Gasteiger partial charge in [0.15, 0.2) is 0 Å². The molecule has 1 saturated heterocycles. The van der Waals surface area contributed by atoms with Gasteiger partial charge in [-0.3, -0.25) is 9.78 Å². The summed E-state index contributed by atoms with van der Waals surface area (Å²) in [4.78, 5) is 29.8. The van der Waals surface area contributed by atoms with Crippen LogP contribution >= 0.6 is 0 Å². The van der Waals surface area contributed by atoms with Crippen LogP contribution in [-0.2, 0) is 0 Å². The predicted molar refractivity (Wildman–Crippen MR) is 84.0 cm³/mol. The van der Waals surface area contributed by atoms with E-state index in [0.29, 0.717) is 24.3 Å². The van der Waals surface area contributed by atoms with Gasteiger partial charge in [0, 0.05) is 37.2 Å². The standard InChI is InChI=1S/C16H18N4O3/c21-15(12-5-10-23-11-12)20-8-3-14(4-9-20)19-16(22)18-13-1-6-17-7-2-13/h1-2,5-7,10-11,14H,3-4,8-9H2,(H2,17,18,19,22). The lowest BCUT2D eigenvalue weighted by molar-refractivity contribution is 0.0708. The Morgan fingerprint density at radius 1 is 1.17 bits per heavy atom. The Morgan fingerprint density at radius 2 is 1.91 bits per heavy atom. The van der Waals surface area contributed by atoms with Gasteiger partial charge in [0.25, 0.3) is 5.91 Å². The van der Waals surface area contributed by atoms with E-state index in [0.717, 1.165) is 12.8 Å². The van der Waals surface area contributed by atoms with Gasteiger partial charge in [0.05, 0.1) is 11.8 Å². The number of likely N-dealkylation sites (tertiary alicyclic amines) is 1. The molecule has 0 spiro atoms. The second-order valence-electron chi connectivity index (χ2n) is 5.41. The van der Waals surface area contributed by atoms with Gasteiger partial charge in [-0.2, -0.15) is 0 Å². The third kappa shape index (κ3) is 3.88. The zero-order valence-corrected chi connectivity index (χ0v) is 12.6. The number of furan rings is 1. The summed E-state index contributed by atoms with van der Waals surface area (Å²) in [6.45, 7) is 1.23. The van der Waals surface area contributed by atoms with E-state index in [9.17, 15) is 9.59 Å². The summed E-state index contributed by atoms with van der Waals surface area (Å²) in [6, 6.07) is 4.94. The molecular weight excluding hydrogens is 296 g/mol. The number of rotatable bonds is 3. The fourth-order valence-electron chi connectivity index (χ4n) is 2.58. The molecule has 7 heteroatoms. The van der Waals surface area contributed by atoms with Crippen molar-refractivity contribution < 1.29 is 14.0 Å². The quantitative estimate of drug-likeness (QED) is 0.908. The summed E-state index contributed by atoms with van der Waals surface area (Å²) in [5, 5.41) is 5.70. The summed E-state index contributed by atoms with van der Waals surface area (Å²) in [5.41, 5.74) is 1.26. The molecule has 120 valence electrons. The first-order valence-corrected chi connectivity index (χ1v) is 7.51. The normalized spacial score (nSPS) is 15.2. The van der Waals surface area contributed by atoms with Crippen molar-refractivity contribution in [2.45, 2.75) is 18.9 Å². The number of piperidine rings is 1. The monoisotopic (exact) mass is 314 g/mol. The van der Waals surface area contributed by atoms with Gasteiger partial charge in [-0.05, 0) is 31.0 Å². The molecule has 1 fully saturated rings. The fraction of sp³-hybridized carbons (Fsp3) is 0.312. The maximum absolute atomic E-state index is 12.2. The van der Waals surface area contributed by atoms with Crippen molar-refractivity contribution in [2.75, 3.05) is 18.4 Å². The highest BCUT2D eigenvalue weighted by Gasteiger charge is 2.25. The van der Waals surface area contributed by atoms with E-state index in [-0.39, 0.29) is 18.0 Å². The van der Waals surface area contributed by atoms with Gasteiger partial charge in [-0.15, -0.1) is 0 Å². The lowest BCUT2D eigenvalue weighted by Crippen LogP contribution is -2.47. The summed E-state index contributed by atoms with van der Waals surface area (Å²) in [5.74, 6) is -0.0292. The van der Waals surface area contributed by atoms with Crippen LogP contribution in [0.3, 0.4) is 0 Å². The Balaban J connectivity index is 1.46. The van der Waals surface area contributed by atoms with Gasteiger partial charge in [-0.1, -0.05) is 0 Å². The molecule has 23 heavy (non-hydrogen) atoms. The molecule has 0 bridgehead atoms. The van der Waals surface area contributed by atoms with Crippen LogP contribution in [0, 0.1) is 0 Å². The highest BCUT2D eigenvalue weighted by Crippen LogP contribution is 2.14. The molecule has 0 unspecified atom stereocenters. The second kappa shape index (κ2) is 6.95. The number of nitrogens with zero attached hydrogens (tertiary/aromatic N) is 2. The highest BCUT2D eigenvalue weighted by atomic mass is 16.3. The van der Waals surface area contributed by atoms with Crippen molar-refractivity contribution in [3.63, 3.8) is 0 Å². The summed E-state index contributed by atoms with van der Waals surface area (Å²) >= 11 is 0. The topological polar surface area (TPSA) is 87.5 Å². The van der Waals surface area contributed by atoms with E-state index in [1.807, 2.05) is 0 Å². The number of hydrogen-bond acceptors (Lipinski definition) is 4. The average molecular weight is 314 g/mol. The van der Waals surface area contributed by atoms with Crippen LogP contribution in [-0.4, -0.2) is 41.0 Å². The number of carbonyl (C=O) groups is 2. The minimum Gasteiger partial charge on any atom is -0.472 e. The maximum atomic E-state index is 12.2. The summed E-state index contributed by atoms with van der Waals surface area (Å²) in [6.07, 6.45) is 7.64. The van der Waals surface area contributed by atoms with Gasteiger partial charge >= 0.3 is 6.03 Å². The second-order valence-corrected chi connectivity index (χ2v) is 5.41. The van der Waals surface area contributed by atoms with E-state index in [1.54, 1.807) is 35.5 Å². The zero-order valence-electron chi connectivity index (χ0n) is 12.6. The first-order chi connectivity index (χ1) is 11.2. The molecule has 0 atom stereocenters. The fourth-order valence-corrected chi connectivity index (χ4v) is 2.58. The number of hydrogen-bond donors (Lipinski definition) is 2. The minimum absolute atomic E-state index is 0.0292. The average Bonchev–Trinajstić information content (AvgIpc) is 3.10. The van der Waals surface area contributed by atoms with E-state index >= 15 is 0 Å². The molecule has 0 radical (unpaired) electrons. The van der Waals surface area contributed by atoms with Gasteiger partial charge in [0.1, 0.15) is 6.26 Å². The third-order valence-corrected chi connectivity index (χ3v) is 3.82. The molecule has 2 N–H and O–H groups in total. The number of pyridine rings is 1. The lowest BCUT2D eigenvalue weighted by Gasteiger charge is -2.32. The Labute approximate surface area is 133 Å². The largest absolute Gasteiger partial charge is 0.472 e. The molecule has 7 nitrogen and oxygen atoms in total. The van der Waals surface area contributed by atoms with Crippen LogP contribution < -0.4 is 10.6 Å². The van der Waals surface area contributed by atoms with E-state index in [1.165, 1.54) is 12.5 Å². The Bertz CT molecular complexity index is 649. The van der Waals surface area contributed by atoms with Gasteiger partial charge in [-0.25, -0.2) is 4.79 Å². The van der Waals surface area contributed by atoms with Gasteiger partial charge in [0.2, 0.25) is 0 Å². The molecule has 3 heterocycles. The van der Waals surface area contributed by atoms with Crippen molar-refractivity contribution in [1.82, 2.24) is 15.2 Å². The maximum Gasteiger partial charge on any atom is 0.319 e. The number of amides is 3. The minimum atomic E-state index is -0.240. The smallest absolute Gasteiger partial charge is 0.319 e. The zero-order chi connectivity index (χ0) is 16.1. The number of carbonyl (C=O) groups excluding carboxylic acids is 2. The van der Waals surface area contributed by atoms with Crippen molar-refractivity contribution in [3.05, 3.63) is 48.7 Å². The summed E-state index contributed by atoms with van der Waals surface area (Å²) < 4.78 is 4.94. The molecule has 1 aliphatic rings. The molecule has 1 aliphatic heterocycles. The SMILES string of the molecule is O=C(Nc1ccncc1)NC1CCN(C(=O)c2ccoc2)CC1. The van der Waals surface area contributed by atoms with E-state index in [4.69, 9.17) is 4.42 Å². The molecule has 0 aromatic carbocycles. The number of aromatic nitrogens is 1. The van der Waals surface area contributed by atoms with Crippen LogP contribution in [0.5, 0.6) is 0 Å². The molecule has 2 aromatic heterocycles. The first-order valence-electron chi connectivity index (χ1n) is 7.51. The van der Waals surface area contributed by atoms with Crippen LogP contribution in [0.25, 0.3) is 0 Å². The highest BCUT2D eigenvalue weighted by molar-refractivity contribution is 5.94. The lowest BCUT2D eigenvalue weighted by atomic mass is 10.0. The van der Waals surface area contributed by atoms with Crippen molar-refractivity contribution in [2.24, 2.45) is 0 Å². The van der Waals surface area contributed by atoms with Crippen LogP contribution in [0.1, 0.15) is 23.2 Å². The van der Waals surface area contributed by atoms with Crippen LogP contribution in [0.2, 0.25) is 0 Å². The molecule has 3 amide bonds. The molecular formula is C16H18N4O3.